The number of hydrogen-bond donors (Lipinski definition) is 3. The van der Waals surface area contributed by atoms with E-state index in [9.17, 15) is 4.79 Å². The number of amides is 1. The maximum atomic E-state index is 12.1. The van der Waals surface area contributed by atoms with Gasteiger partial charge in [-0.3, -0.25) is 9.69 Å². The number of rotatable bonds is 10. The number of methoxy groups -OCH3 is 2. The van der Waals surface area contributed by atoms with Crippen molar-refractivity contribution in [3.8, 4) is 22.8 Å². The van der Waals surface area contributed by atoms with Gasteiger partial charge in [0.15, 0.2) is 11.5 Å². The van der Waals surface area contributed by atoms with Gasteiger partial charge in [-0.2, -0.15) is 0 Å². The minimum Gasteiger partial charge on any atom is -0.493 e. The number of H-pyrrole nitrogens is 1. The first-order chi connectivity index (χ1) is 17.4. The number of carbonyl (C=O) groups is 1. The molecule has 3 N–H and O–H groups in total. The molecule has 0 radical (unpaired) electrons. The first-order valence-corrected chi connectivity index (χ1v) is 12.9. The Bertz CT molecular complexity index is 1180. The second-order valence-corrected chi connectivity index (χ2v) is 9.92. The third-order valence-corrected chi connectivity index (χ3v) is 7.20. The smallest absolute Gasteiger partial charge is 0.234 e. The second-order valence-electron chi connectivity index (χ2n) is 9.92. The van der Waals surface area contributed by atoms with E-state index in [2.05, 4.69) is 53.3 Å². The lowest BCUT2D eigenvalue weighted by Crippen LogP contribution is -2.41. The number of hydrogen-bond acceptors (Lipinski definition) is 5. The van der Waals surface area contributed by atoms with Gasteiger partial charge in [0, 0.05) is 29.6 Å². The van der Waals surface area contributed by atoms with Gasteiger partial charge < -0.3 is 24.9 Å². The molecule has 1 aromatic heterocycles. The Morgan fingerprint density at radius 2 is 1.86 bits per heavy atom. The fourth-order valence-corrected chi connectivity index (χ4v) is 5.29. The Labute approximate surface area is 213 Å². The molecule has 4 rings (SSSR count). The number of benzene rings is 2. The molecule has 0 saturated carbocycles. The van der Waals surface area contributed by atoms with Gasteiger partial charge in [0.05, 0.1) is 26.5 Å². The third kappa shape index (κ3) is 5.68. The van der Waals surface area contributed by atoms with Crippen LogP contribution in [0.3, 0.4) is 0 Å². The van der Waals surface area contributed by atoms with Crippen molar-refractivity contribution in [3.05, 3.63) is 47.5 Å². The predicted octanol–water partition coefficient (Wildman–Crippen LogP) is 4.65. The van der Waals surface area contributed by atoms with Gasteiger partial charge in [-0.25, -0.2) is 0 Å². The summed E-state index contributed by atoms with van der Waals surface area (Å²) in [7, 11) is 3.32. The summed E-state index contributed by atoms with van der Waals surface area (Å²) < 4.78 is 11.0. The van der Waals surface area contributed by atoms with Gasteiger partial charge in [0.25, 0.3) is 0 Å². The molecular weight excluding hydrogens is 454 g/mol. The molecule has 0 bridgehead atoms. The van der Waals surface area contributed by atoms with Gasteiger partial charge >= 0.3 is 0 Å². The number of likely N-dealkylation sites (tertiary alicyclic amines) is 1. The molecule has 1 aliphatic rings. The van der Waals surface area contributed by atoms with Crippen LogP contribution in [0.4, 0.5) is 0 Å². The van der Waals surface area contributed by atoms with Gasteiger partial charge in [-0.1, -0.05) is 19.9 Å². The molecule has 1 amide bonds. The highest BCUT2D eigenvalue weighted by molar-refractivity contribution is 5.92. The van der Waals surface area contributed by atoms with E-state index >= 15 is 0 Å². The van der Waals surface area contributed by atoms with E-state index in [0.29, 0.717) is 31.3 Å². The summed E-state index contributed by atoms with van der Waals surface area (Å²) >= 11 is 0. The number of aliphatic hydroxyl groups is 1. The Morgan fingerprint density at radius 3 is 2.53 bits per heavy atom. The number of ether oxygens (including phenoxy) is 2. The maximum absolute atomic E-state index is 12.1. The molecule has 7 nitrogen and oxygen atoms in total. The van der Waals surface area contributed by atoms with Crippen LogP contribution in [-0.4, -0.2) is 67.9 Å². The number of piperidine rings is 1. The normalized spacial score (nSPS) is 14.9. The largest absolute Gasteiger partial charge is 0.493 e. The zero-order valence-corrected chi connectivity index (χ0v) is 21.9. The summed E-state index contributed by atoms with van der Waals surface area (Å²) in [5.74, 6) is 2.32. The van der Waals surface area contributed by atoms with E-state index in [1.54, 1.807) is 14.2 Å². The van der Waals surface area contributed by atoms with Crippen molar-refractivity contribution in [2.75, 3.05) is 47.0 Å². The molecule has 36 heavy (non-hydrogen) atoms. The topological polar surface area (TPSA) is 86.8 Å². The van der Waals surface area contributed by atoms with Crippen LogP contribution in [-0.2, 0) is 4.79 Å². The van der Waals surface area contributed by atoms with E-state index in [1.165, 1.54) is 16.5 Å². The molecule has 0 aliphatic carbocycles. The summed E-state index contributed by atoms with van der Waals surface area (Å²) in [6.07, 6.45) is 2.68. The van der Waals surface area contributed by atoms with Crippen LogP contribution in [0.2, 0.25) is 0 Å². The molecular formula is C29H39N3O4. The Hall–Kier alpha value is -3.03. The Balaban J connectivity index is 1.53. The highest BCUT2D eigenvalue weighted by Gasteiger charge is 2.24. The summed E-state index contributed by atoms with van der Waals surface area (Å²) in [5.41, 5.74) is 6.04. The minimum atomic E-state index is 0.0416. The average Bonchev–Trinajstić information content (AvgIpc) is 3.28. The van der Waals surface area contributed by atoms with Crippen LogP contribution in [0, 0.1) is 0 Å². The van der Waals surface area contributed by atoms with Crippen molar-refractivity contribution in [2.45, 2.75) is 44.9 Å². The van der Waals surface area contributed by atoms with Crippen LogP contribution in [0.25, 0.3) is 22.2 Å². The summed E-state index contributed by atoms with van der Waals surface area (Å²) in [5, 5.41) is 13.0. The Kier molecular flexibility index (Phi) is 8.54. The quantitative estimate of drug-likeness (QED) is 0.358. The molecule has 2 aromatic carbocycles. The second kappa shape index (κ2) is 11.8. The number of fused-ring (bicyclic) bond motifs is 1. The summed E-state index contributed by atoms with van der Waals surface area (Å²) in [4.78, 5) is 18.0. The zero-order chi connectivity index (χ0) is 25.7. The minimum absolute atomic E-state index is 0.0416. The van der Waals surface area contributed by atoms with Gasteiger partial charge in [-0.05, 0) is 85.6 Å². The van der Waals surface area contributed by atoms with Crippen molar-refractivity contribution < 1.29 is 19.4 Å². The van der Waals surface area contributed by atoms with Crippen LogP contribution < -0.4 is 14.8 Å². The average molecular weight is 494 g/mol. The lowest BCUT2D eigenvalue weighted by atomic mass is 9.87. The molecule has 194 valence electrons. The van der Waals surface area contributed by atoms with Crippen LogP contribution in [0.1, 0.15) is 56.1 Å². The molecule has 1 aliphatic heterocycles. The maximum Gasteiger partial charge on any atom is 0.234 e. The highest BCUT2D eigenvalue weighted by atomic mass is 16.5. The molecule has 7 heteroatoms. The van der Waals surface area contributed by atoms with Crippen molar-refractivity contribution in [1.29, 1.82) is 0 Å². The number of nitrogens with zero attached hydrogens (tertiary/aromatic N) is 1. The molecule has 1 fully saturated rings. The summed E-state index contributed by atoms with van der Waals surface area (Å²) in [6, 6.07) is 12.9. The molecule has 1 saturated heterocycles. The molecule has 0 spiro atoms. The van der Waals surface area contributed by atoms with E-state index in [4.69, 9.17) is 14.6 Å². The number of aromatic amines is 1. The third-order valence-electron chi connectivity index (χ3n) is 7.20. The van der Waals surface area contributed by atoms with Crippen LogP contribution in [0.15, 0.2) is 36.4 Å². The standard InChI is InChI=1S/C29H39N3O4/c1-19(2)28-23-16-21(20-10-13-32(14-11-20)18-27(34)30-12-5-15-33)6-8-24(23)31-29(28)22-7-9-25(35-3)26(17-22)36-4/h6-9,16-17,19-20,31,33H,5,10-15,18H2,1-4H3,(H,30,34). The van der Waals surface area contributed by atoms with Crippen molar-refractivity contribution in [3.63, 3.8) is 0 Å². The van der Waals surface area contributed by atoms with Crippen molar-refractivity contribution in [2.24, 2.45) is 0 Å². The van der Waals surface area contributed by atoms with Gasteiger partial charge in [-0.15, -0.1) is 0 Å². The van der Waals surface area contributed by atoms with Gasteiger partial charge in [0.1, 0.15) is 0 Å². The number of aliphatic hydroxyl groups excluding tert-OH is 1. The highest BCUT2D eigenvalue weighted by Crippen LogP contribution is 2.40. The fraction of sp³-hybridized carbons (Fsp3) is 0.483. The first-order valence-electron chi connectivity index (χ1n) is 12.9. The lowest BCUT2D eigenvalue weighted by Gasteiger charge is -2.31. The van der Waals surface area contributed by atoms with E-state index < -0.39 is 0 Å². The van der Waals surface area contributed by atoms with Crippen LogP contribution in [0.5, 0.6) is 11.5 Å². The predicted molar refractivity (Wildman–Crippen MR) is 144 cm³/mol. The monoisotopic (exact) mass is 493 g/mol. The van der Waals surface area contributed by atoms with E-state index in [-0.39, 0.29) is 12.5 Å². The zero-order valence-electron chi connectivity index (χ0n) is 21.9. The fourth-order valence-electron chi connectivity index (χ4n) is 5.29. The van der Waals surface area contributed by atoms with Crippen molar-refractivity contribution in [1.82, 2.24) is 15.2 Å². The molecule has 3 aromatic rings. The lowest BCUT2D eigenvalue weighted by molar-refractivity contribution is -0.122. The molecule has 0 atom stereocenters. The SMILES string of the molecule is COc1ccc(-c2[nH]c3ccc(C4CCN(CC(=O)NCCCO)CC4)cc3c2C(C)C)cc1OC. The number of aromatic nitrogens is 1. The molecule has 2 heterocycles. The number of carbonyl (C=O) groups excluding carboxylic acids is 1. The number of nitrogens with one attached hydrogen (secondary N) is 2. The van der Waals surface area contributed by atoms with Crippen molar-refractivity contribution >= 4 is 16.8 Å². The Morgan fingerprint density at radius 1 is 1.11 bits per heavy atom. The van der Waals surface area contributed by atoms with E-state index in [0.717, 1.165) is 54.2 Å². The molecule has 0 unspecified atom stereocenters. The van der Waals surface area contributed by atoms with E-state index in [1.807, 2.05) is 12.1 Å². The first kappa shape index (κ1) is 26.0. The van der Waals surface area contributed by atoms with Gasteiger partial charge in [0.2, 0.25) is 5.91 Å². The van der Waals surface area contributed by atoms with Crippen LogP contribution >= 0.6 is 0 Å². The summed E-state index contributed by atoms with van der Waals surface area (Å²) in [6.45, 7) is 7.38.